The zero-order chi connectivity index (χ0) is 30.8. The van der Waals surface area contributed by atoms with Crippen molar-refractivity contribution in [2.75, 3.05) is 0 Å². The summed E-state index contributed by atoms with van der Waals surface area (Å²) in [6, 6.07) is 5.40. The quantitative estimate of drug-likeness (QED) is 0.0786. The topological polar surface area (TPSA) is 123 Å². The van der Waals surface area contributed by atoms with E-state index >= 15 is 0 Å². The van der Waals surface area contributed by atoms with E-state index in [1.54, 1.807) is 0 Å². The number of hydrogen-bond acceptors (Lipinski definition) is 9. The Labute approximate surface area is 255 Å². The van der Waals surface area contributed by atoms with Crippen molar-refractivity contribution >= 4 is 17.6 Å². The number of hydrogen-bond donors (Lipinski definition) is 0. The standard InChI is InChI=1S/C33H49NO9/c1-4-5-6-7-8-9-10-11-12-29-30(43-33(2,3)42-29)20-19-28(26-18-17-25(39-26)27-21-22-31(35)40-27)41-32(36)23-13-15-24(16-14-23)34(37)38/h13-16,25-30H,4-12,17-22H2,1-3H3/t25-,26-,27-,28-,29-,30-/m1/s1. The fourth-order valence-electron chi connectivity index (χ4n) is 6.50. The molecule has 0 radical (unpaired) electrons. The van der Waals surface area contributed by atoms with Crippen molar-refractivity contribution in [3.05, 3.63) is 39.9 Å². The van der Waals surface area contributed by atoms with Gasteiger partial charge in [0, 0.05) is 18.6 Å². The summed E-state index contributed by atoms with van der Waals surface area (Å²) in [6.07, 6.45) is 12.9. The van der Waals surface area contributed by atoms with Gasteiger partial charge in [-0.1, -0.05) is 58.3 Å². The molecule has 0 aromatic heterocycles. The number of nitro benzene ring substituents is 1. The number of nitro groups is 1. The molecule has 0 bridgehead atoms. The van der Waals surface area contributed by atoms with Gasteiger partial charge < -0.3 is 23.7 Å². The number of carbonyl (C=O) groups excluding carboxylic acids is 2. The predicted molar refractivity (Wildman–Crippen MR) is 160 cm³/mol. The molecular weight excluding hydrogens is 554 g/mol. The SMILES string of the molecule is CCCCCCCCCC[C@H]1OC(C)(C)O[C@@H]1CC[C@@H](OC(=O)c1ccc([N+](=O)[O-])cc1)[C@H]1CC[C@H]([C@H]2CCC(=O)O2)O1. The molecule has 0 saturated carbocycles. The van der Waals surface area contributed by atoms with Crippen LogP contribution in [0.4, 0.5) is 5.69 Å². The molecular formula is C33H49NO9. The Bertz CT molecular complexity index is 1060. The maximum Gasteiger partial charge on any atom is 0.338 e. The maximum absolute atomic E-state index is 13.2. The highest BCUT2D eigenvalue weighted by Gasteiger charge is 2.44. The average molecular weight is 604 g/mol. The van der Waals surface area contributed by atoms with E-state index in [1.807, 2.05) is 13.8 Å². The first kappa shape index (κ1) is 33.3. The van der Waals surface area contributed by atoms with E-state index < -0.39 is 22.8 Å². The molecule has 0 aliphatic carbocycles. The molecule has 3 saturated heterocycles. The Morgan fingerprint density at radius 3 is 2.23 bits per heavy atom. The van der Waals surface area contributed by atoms with Crippen molar-refractivity contribution < 1.29 is 38.2 Å². The lowest BCUT2D eigenvalue weighted by molar-refractivity contribution is -0.384. The minimum atomic E-state index is -0.679. The van der Waals surface area contributed by atoms with Gasteiger partial charge in [-0.3, -0.25) is 14.9 Å². The molecule has 10 nitrogen and oxygen atoms in total. The van der Waals surface area contributed by atoms with Crippen LogP contribution in [0, 0.1) is 10.1 Å². The molecule has 43 heavy (non-hydrogen) atoms. The van der Waals surface area contributed by atoms with Crippen LogP contribution in [-0.2, 0) is 28.5 Å². The number of cyclic esters (lactones) is 1. The Morgan fingerprint density at radius 1 is 0.953 bits per heavy atom. The van der Waals surface area contributed by atoms with Gasteiger partial charge in [-0.25, -0.2) is 4.79 Å². The summed E-state index contributed by atoms with van der Waals surface area (Å²) in [5.74, 6) is -1.44. The second-order valence-electron chi connectivity index (χ2n) is 12.7. The van der Waals surface area contributed by atoms with Crippen molar-refractivity contribution in [1.29, 1.82) is 0 Å². The van der Waals surface area contributed by atoms with E-state index in [9.17, 15) is 19.7 Å². The number of unbranched alkanes of at least 4 members (excludes halogenated alkanes) is 7. The smallest absolute Gasteiger partial charge is 0.338 e. The molecule has 240 valence electrons. The number of ether oxygens (including phenoxy) is 5. The zero-order valence-electron chi connectivity index (χ0n) is 26.0. The van der Waals surface area contributed by atoms with Gasteiger partial charge in [0.05, 0.1) is 34.9 Å². The fraction of sp³-hybridized carbons (Fsp3) is 0.758. The number of carbonyl (C=O) groups is 2. The van der Waals surface area contributed by atoms with Crippen LogP contribution in [0.3, 0.4) is 0 Å². The minimum absolute atomic E-state index is 0.0312. The Balaban J connectivity index is 1.35. The highest BCUT2D eigenvalue weighted by Crippen LogP contribution is 2.36. The summed E-state index contributed by atoms with van der Waals surface area (Å²) < 4.78 is 30.4. The van der Waals surface area contributed by atoms with E-state index in [2.05, 4.69) is 6.92 Å². The maximum atomic E-state index is 13.2. The third-order valence-corrected chi connectivity index (χ3v) is 8.77. The summed E-state index contributed by atoms with van der Waals surface area (Å²) in [4.78, 5) is 35.4. The second kappa shape index (κ2) is 16.0. The van der Waals surface area contributed by atoms with Gasteiger partial charge in [-0.15, -0.1) is 0 Å². The van der Waals surface area contributed by atoms with Crippen molar-refractivity contribution in [3.8, 4) is 0 Å². The Kier molecular flexibility index (Phi) is 12.4. The molecule has 4 rings (SSSR count). The highest BCUT2D eigenvalue weighted by molar-refractivity contribution is 5.89. The van der Waals surface area contributed by atoms with Gasteiger partial charge in [0.25, 0.3) is 5.69 Å². The normalized spacial score (nSPS) is 27.2. The van der Waals surface area contributed by atoms with Crippen LogP contribution in [0.2, 0.25) is 0 Å². The van der Waals surface area contributed by atoms with E-state index in [1.165, 1.54) is 69.2 Å². The van der Waals surface area contributed by atoms with Gasteiger partial charge >= 0.3 is 11.9 Å². The monoisotopic (exact) mass is 603 g/mol. The lowest BCUT2D eigenvalue weighted by atomic mass is 9.97. The van der Waals surface area contributed by atoms with E-state index in [0.717, 1.165) is 12.8 Å². The first-order valence-electron chi connectivity index (χ1n) is 16.3. The second-order valence-corrected chi connectivity index (χ2v) is 12.7. The van der Waals surface area contributed by atoms with Crippen LogP contribution in [0.5, 0.6) is 0 Å². The third kappa shape index (κ3) is 9.98. The van der Waals surface area contributed by atoms with Crippen molar-refractivity contribution in [2.24, 2.45) is 0 Å². The van der Waals surface area contributed by atoms with Crippen LogP contribution < -0.4 is 0 Å². The molecule has 0 spiro atoms. The first-order valence-corrected chi connectivity index (χ1v) is 16.3. The van der Waals surface area contributed by atoms with Crippen LogP contribution in [-0.4, -0.2) is 59.3 Å². The average Bonchev–Trinajstić information content (AvgIpc) is 3.71. The van der Waals surface area contributed by atoms with E-state index in [0.29, 0.717) is 38.5 Å². The van der Waals surface area contributed by atoms with Gasteiger partial charge in [-0.05, 0) is 64.5 Å². The molecule has 0 amide bonds. The van der Waals surface area contributed by atoms with Crippen molar-refractivity contribution in [3.63, 3.8) is 0 Å². The van der Waals surface area contributed by atoms with Crippen LogP contribution in [0.15, 0.2) is 24.3 Å². The summed E-state index contributed by atoms with van der Waals surface area (Å²) in [5, 5.41) is 11.0. The van der Waals surface area contributed by atoms with E-state index in [4.69, 9.17) is 23.7 Å². The van der Waals surface area contributed by atoms with Crippen molar-refractivity contribution in [1.82, 2.24) is 0 Å². The van der Waals surface area contributed by atoms with Gasteiger partial charge in [-0.2, -0.15) is 0 Å². The summed E-state index contributed by atoms with van der Waals surface area (Å²) in [6.45, 7) is 6.11. The largest absolute Gasteiger partial charge is 0.460 e. The summed E-state index contributed by atoms with van der Waals surface area (Å²) >= 11 is 0. The summed E-state index contributed by atoms with van der Waals surface area (Å²) in [5.41, 5.74) is 0.147. The minimum Gasteiger partial charge on any atom is -0.460 e. The van der Waals surface area contributed by atoms with E-state index in [-0.39, 0.29) is 47.7 Å². The Hall–Kier alpha value is -2.56. The number of esters is 2. The van der Waals surface area contributed by atoms with Crippen molar-refractivity contribution in [2.45, 2.75) is 159 Å². The number of non-ortho nitro benzene ring substituents is 1. The number of nitrogens with zero attached hydrogens (tertiary/aromatic N) is 1. The molecule has 3 fully saturated rings. The fourth-order valence-corrected chi connectivity index (χ4v) is 6.50. The van der Waals surface area contributed by atoms with Gasteiger partial charge in [0.2, 0.25) is 0 Å². The lowest BCUT2D eigenvalue weighted by Crippen LogP contribution is -2.35. The molecule has 6 atom stereocenters. The molecule has 1 aromatic carbocycles. The molecule has 10 heteroatoms. The van der Waals surface area contributed by atoms with Gasteiger partial charge in [0.15, 0.2) is 5.79 Å². The molecule has 0 unspecified atom stereocenters. The number of rotatable bonds is 17. The predicted octanol–water partition coefficient (Wildman–Crippen LogP) is 7.20. The number of benzene rings is 1. The third-order valence-electron chi connectivity index (χ3n) is 8.77. The molecule has 3 aliphatic heterocycles. The van der Waals surface area contributed by atoms with Crippen LogP contribution in [0.25, 0.3) is 0 Å². The van der Waals surface area contributed by atoms with Gasteiger partial charge in [0.1, 0.15) is 12.2 Å². The zero-order valence-corrected chi connectivity index (χ0v) is 26.0. The van der Waals surface area contributed by atoms with Crippen LogP contribution >= 0.6 is 0 Å². The summed E-state index contributed by atoms with van der Waals surface area (Å²) in [7, 11) is 0. The molecule has 3 heterocycles. The molecule has 3 aliphatic rings. The molecule has 0 N–H and O–H groups in total. The van der Waals surface area contributed by atoms with Crippen LogP contribution in [0.1, 0.15) is 127 Å². The molecule has 1 aromatic rings. The first-order chi connectivity index (χ1) is 20.6. The lowest BCUT2D eigenvalue weighted by Gasteiger charge is -2.27. The highest BCUT2D eigenvalue weighted by atomic mass is 16.8. The Morgan fingerprint density at radius 2 is 1.60 bits per heavy atom.